The zero-order valence-corrected chi connectivity index (χ0v) is 10.7. The molecular weight excluding hydrogens is 226 g/mol. The van der Waals surface area contributed by atoms with Crippen LogP contribution in [0.5, 0.6) is 5.75 Å². The number of methoxy groups -OCH3 is 1. The van der Waals surface area contributed by atoms with Crippen LogP contribution in [0.25, 0.3) is 5.69 Å². The average Bonchev–Trinajstić information content (AvgIpc) is 2.94. The third kappa shape index (κ3) is 1.56. The van der Waals surface area contributed by atoms with E-state index < -0.39 is 0 Å². The maximum Gasteiger partial charge on any atom is 0.149 e. The molecule has 94 valence electrons. The molecule has 4 nitrogen and oxygen atoms in total. The van der Waals surface area contributed by atoms with Gasteiger partial charge in [-0.05, 0) is 43.9 Å². The van der Waals surface area contributed by atoms with Crippen LogP contribution in [0.2, 0.25) is 0 Å². The second-order valence-corrected chi connectivity index (χ2v) is 4.75. The van der Waals surface area contributed by atoms with Gasteiger partial charge in [0, 0.05) is 11.3 Å². The van der Waals surface area contributed by atoms with Crippen molar-refractivity contribution in [3.63, 3.8) is 0 Å². The normalized spacial score (nSPS) is 13.7. The number of rotatable bonds is 2. The molecule has 0 aliphatic heterocycles. The van der Waals surface area contributed by atoms with Gasteiger partial charge in [-0.25, -0.2) is 4.68 Å². The Labute approximate surface area is 106 Å². The molecule has 0 bridgehead atoms. The Morgan fingerprint density at radius 1 is 1.33 bits per heavy atom. The molecule has 0 amide bonds. The molecule has 1 heterocycles. The number of benzene rings is 1. The lowest BCUT2D eigenvalue weighted by atomic mass is 10.2. The molecule has 0 radical (unpaired) electrons. The van der Waals surface area contributed by atoms with E-state index in [1.807, 2.05) is 16.8 Å². The van der Waals surface area contributed by atoms with Crippen molar-refractivity contribution in [3.05, 3.63) is 35.0 Å². The highest BCUT2D eigenvalue weighted by Gasteiger charge is 2.23. The van der Waals surface area contributed by atoms with Crippen molar-refractivity contribution >= 4 is 5.82 Å². The SMILES string of the molecule is COc1ccc(C)cc1-n1nc(N)c2c1CCC2. The van der Waals surface area contributed by atoms with Gasteiger partial charge in [-0.3, -0.25) is 0 Å². The first-order valence-corrected chi connectivity index (χ1v) is 6.22. The van der Waals surface area contributed by atoms with Gasteiger partial charge in [0.25, 0.3) is 0 Å². The first kappa shape index (κ1) is 11.1. The zero-order valence-electron chi connectivity index (χ0n) is 10.7. The molecule has 0 fully saturated rings. The Kier molecular flexibility index (Phi) is 2.51. The fraction of sp³-hybridized carbons (Fsp3) is 0.357. The average molecular weight is 243 g/mol. The summed E-state index contributed by atoms with van der Waals surface area (Å²) in [7, 11) is 1.68. The van der Waals surface area contributed by atoms with E-state index in [2.05, 4.69) is 18.1 Å². The summed E-state index contributed by atoms with van der Waals surface area (Å²) in [6.07, 6.45) is 3.23. The van der Waals surface area contributed by atoms with Gasteiger partial charge < -0.3 is 10.5 Å². The van der Waals surface area contributed by atoms with Crippen LogP contribution in [0, 0.1) is 6.92 Å². The summed E-state index contributed by atoms with van der Waals surface area (Å²) >= 11 is 0. The fourth-order valence-corrected chi connectivity index (χ4v) is 2.63. The molecule has 1 aromatic heterocycles. The maximum absolute atomic E-state index is 5.99. The summed E-state index contributed by atoms with van der Waals surface area (Å²) in [5.41, 5.74) is 10.6. The predicted octanol–water partition coefficient (Wildman–Crippen LogP) is 2.26. The van der Waals surface area contributed by atoms with Crippen LogP contribution in [0.1, 0.15) is 23.2 Å². The van der Waals surface area contributed by atoms with E-state index in [9.17, 15) is 0 Å². The summed E-state index contributed by atoms with van der Waals surface area (Å²) in [6.45, 7) is 2.07. The first-order valence-electron chi connectivity index (χ1n) is 6.22. The van der Waals surface area contributed by atoms with E-state index in [1.54, 1.807) is 7.11 Å². The molecule has 2 N–H and O–H groups in total. The summed E-state index contributed by atoms with van der Waals surface area (Å²) in [5, 5.41) is 4.47. The summed E-state index contributed by atoms with van der Waals surface area (Å²) in [4.78, 5) is 0. The molecule has 0 saturated heterocycles. The molecule has 3 rings (SSSR count). The predicted molar refractivity (Wildman–Crippen MR) is 71.3 cm³/mol. The lowest BCUT2D eigenvalue weighted by Gasteiger charge is -2.11. The molecule has 2 aromatic rings. The van der Waals surface area contributed by atoms with Gasteiger partial charge in [0.1, 0.15) is 17.3 Å². The summed E-state index contributed by atoms with van der Waals surface area (Å²) in [5.74, 6) is 1.49. The van der Waals surface area contributed by atoms with Gasteiger partial charge in [0.15, 0.2) is 0 Å². The minimum atomic E-state index is 0.658. The number of ether oxygens (including phenoxy) is 1. The minimum absolute atomic E-state index is 0.658. The number of aromatic nitrogens is 2. The van der Waals surface area contributed by atoms with E-state index >= 15 is 0 Å². The first-order chi connectivity index (χ1) is 8.70. The monoisotopic (exact) mass is 243 g/mol. The van der Waals surface area contributed by atoms with E-state index in [-0.39, 0.29) is 0 Å². The van der Waals surface area contributed by atoms with Crippen molar-refractivity contribution in [1.82, 2.24) is 9.78 Å². The highest BCUT2D eigenvalue weighted by molar-refractivity contribution is 5.54. The summed E-state index contributed by atoms with van der Waals surface area (Å²) in [6, 6.07) is 6.10. The molecule has 1 aliphatic rings. The van der Waals surface area contributed by atoms with Crippen molar-refractivity contribution < 1.29 is 4.74 Å². The van der Waals surface area contributed by atoms with Crippen LogP contribution in [0.4, 0.5) is 5.82 Å². The number of nitrogen functional groups attached to an aromatic ring is 1. The van der Waals surface area contributed by atoms with Crippen LogP contribution < -0.4 is 10.5 Å². The Morgan fingerprint density at radius 2 is 2.17 bits per heavy atom. The van der Waals surface area contributed by atoms with Crippen LogP contribution in [-0.2, 0) is 12.8 Å². The number of hydrogen-bond acceptors (Lipinski definition) is 3. The van der Waals surface area contributed by atoms with E-state index in [1.165, 1.54) is 16.8 Å². The van der Waals surface area contributed by atoms with Gasteiger partial charge in [-0.2, -0.15) is 5.10 Å². The number of nitrogens with zero attached hydrogens (tertiary/aromatic N) is 2. The number of hydrogen-bond donors (Lipinski definition) is 1. The van der Waals surface area contributed by atoms with Crippen molar-refractivity contribution in [3.8, 4) is 11.4 Å². The lowest BCUT2D eigenvalue weighted by Crippen LogP contribution is -2.04. The smallest absolute Gasteiger partial charge is 0.149 e. The third-order valence-electron chi connectivity index (χ3n) is 3.52. The lowest BCUT2D eigenvalue weighted by molar-refractivity contribution is 0.411. The van der Waals surface area contributed by atoms with Gasteiger partial charge in [-0.1, -0.05) is 6.07 Å². The Bertz CT molecular complexity index is 601. The zero-order chi connectivity index (χ0) is 12.7. The van der Waals surface area contributed by atoms with Crippen LogP contribution in [0.3, 0.4) is 0 Å². The van der Waals surface area contributed by atoms with Gasteiger partial charge in [0.2, 0.25) is 0 Å². The molecule has 4 heteroatoms. The van der Waals surface area contributed by atoms with Crippen molar-refractivity contribution in [2.24, 2.45) is 0 Å². The Balaban J connectivity index is 2.21. The number of aryl methyl sites for hydroxylation is 1. The largest absolute Gasteiger partial charge is 0.494 e. The molecule has 0 atom stereocenters. The molecule has 0 spiro atoms. The Hall–Kier alpha value is -1.97. The van der Waals surface area contributed by atoms with Gasteiger partial charge in [0.05, 0.1) is 7.11 Å². The Morgan fingerprint density at radius 3 is 2.94 bits per heavy atom. The number of nitrogens with two attached hydrogens (primary N) is 1. The summed E-state index contributed by atoms with van der Waals surface area (Å²) < 4.78 is 7.37. The molecule has 0 saturated carbocycles. The van der Waals surface area contributed by atoms with E-state index in [4.69, 9.17) is 10.5 Å². The van der Waals surface area contributed by atoms with Gasteiger partial charge >= 0.3 is 0 Å². The standard InChI is InChI=1S/C14H17N3O/c1-9-6-7-13(18-2)12(8-9)17-11-5-3-4-10(11)14(15)16-17/h6-8H,3-5H2,1-2H3,(H2,15,16). The van der Waals surface area contributed by atoms with Crippen molar-refractivity contribution in [2.45, 2.75) is 26.2 Å². The molecular formula is C14H17N3O. The second-order valence-electron chi connectivity index (χ2n) is 4.75. The molecule has 1 aliphatic carbocycles. The quantitative estimate of drug-likeness (QED) is 0.880. The minimum Gasteiger partial charge on any atom is -0.494 e. The van der Waals surface area contributed by atoms with E-state index in [0.29, 0.717) is 5.82 Å². The highest BCUT2D eigenvalue weighted by atomic mass is 16.5. The molecule has 1 aromatic carbocycles. The maximum atomic E-state index is 5.99. The van der Waals surface area contributed by atoms with Gasteiger partial charge in [-0.15, -0.1) is 0 Å². The molecule has 0 unspecified atom stereocenters. The highest BCUT2D eigenvalue weighted by Crippen LogP contribution is 2.32. The van der Waals surface area contributed by atoms with E-state index in [0.717, 1.165) is 30.7 Å². The second kappa shape index (κ2) is 4.05. The van der Waals surface area contributed by atoms with Crippen LogP contribution >= 0.6 is 0 Å². The number of fused-ring (bicyclic) bond motifs is 1. The van der Waals surface area contributed by atoms with Crippen molar-refractivity contribution in [2.75, 3.05) is 12.8 Å². The van der Waals surface area contributed by atoms with Crippen LogP contribution in [-0.4, -0.2) is 16.9 Å². The third-order valence-corrected chi connectivity index (χ3v) is 3.52. The van der Waals surface area contributed by atoms with Crippen LogP contribution in [0.15, 0.2) is 18.2 Å². The van der Waals surface area contributed by atoms with Crippen molar-refractivity contribution in [1.29, 1.82) is 0 Å². The fourth-order valence-electron chi connectivity index (χ4n) is 2.63. The topological polar surface area (TPSA) is 53.1 Å². The molecule has 18 heavy (non-hydrogen) atoms. The number of anilines is 1.